The minimum atomic E-state index is -0.614. The highest BCUT2D eigenvalue weighted by Gasteiger charge is 2.30. The molecule has 0 bridgehead atoms. The first-order valence-electron chi connectivity index (χ1n) is 4.47. The number of hydrogen-bond acceptors (Lipinski definition) is 4. The number of carbonyl (C=O) groups excluding carboxylic acids is 2. The van der Waals surface area contributed by atoms with Crippen LogP contribution in [0.2, 0.25) is 0 Å². The summed E-state index contributed by atoms with van der Waals surface area (Å²) in [5, 5.41) is 3.25. The molecular formula is C10H4BrN3O2. The van der Waals surface area contributed by atoms with Gasteiger partial charge in [0.2, 0.25) is 0 Å². The Morgan fingerprint density at radius 3 is 2.88 bits per heavy atom. The molecule has 1 aliphatic heterocycles. The van der Waals surface area contributed by atoms with Crippen molar-refractivity contribution in [3.8, 4) is 0 Å². The summed E-state index contributed by atoms with van der Waals surface area (Å²) in [6.45, 7) is 0. The standard InChI is InChI=1S/C10H4BrN3O2/c11-9-7-4(1-2-12-9)6-5(3-13-7)8(15)10(16)14-6/h1-3H,(H,14,15,16). The van der Waals surface area contributed by atoms with E-state index in [1.165, 1.54) is 6.20 Å². The predicted molar refractivity (Wildman–Crippen MR) is 60.2 cm³/mol. The van der Waals surface area contributed by atoms with Gasteiger partial charge in [0.1, 0.15) is 10.1 Å². The molecule has 0 aliphatic carbocycles. The van der Waals surface area contributed by atoms with Gasteiger partial charge in [-0.2, -0.15) is 0 Å². The summed E-state index contributed by atoms with van der Waals surface area (Å²) in [4.78, 5) is 30.8. The van der Waals surface area contributed by atoms with Crippen molar-refractivity contribution in [3.63, 3.8) is 0 Å². The van der Waals surface area contributed by atoms with Crippen molar-refractivity contribution < 1.29 is 9.59 Å². The fourth-order valence-electron chi connectivity index (χ4n) is 1.69. The van der Waals surface area contributed by atoms with E-state index in [0.29, 0.717) is 26.8 Å². The highest BCUT2D eigenvalue weighted by Crippen LogP contribution is 2.32. The second-order valence-corrected chi connectivity index (χ2v) is 4.08. The average Bonchev–Trinajstić information content (AvgIpc) is 2.56. The molecule has 0 saturated carbocycles. The third-order valence-electron chi connectivity index (χ3n) is 2.43. The normalized spacial score (nSPS) is 14.1. The maximum atomic E-state index is 11.4. The SMILES string of the molecule is O=C1Nc2c(cnc3c(Br)nccc23)C1=O. The van der Waals surface area contributed by atoms with Gasteiger partial charge in [0.15, 0.2) is 0 Å². The fraction of sp³-hybridized carbons (Fsp3) is 0. The molecule has 6 heteroatoms. The number of Topliss-reactive ketones (excluding diaryl/α,β-unsaturated/α-hetero) is 1. The number of carbonyl (C=O) groups is 2. The summed E-state index contributed by atoms with van der Waals surface area (Å²) >= 11 is 3.26. The zero-order valence-electron chi connectivity index (χ0n) is 7.82. The molecule has 0 aromatic carbocycles. The second-order valence-electron chi connectivity index (χ2n) is 3.33. The number of hydrogen-bond donors (Lipinski definition) is 1. The summed E-state index contributed by atoms with van der Waals surface area (Å²) in [7, 11) is 0. The Labute approximate surface area is 98.0 Å². The summed E-state index contributed by atoms with van der Waals surface area (Å²) < 4.78 is 0.585. The number of nitrogens with zero attached hydrogens (tertiary/aromatic N) is 2. The molecule has 0 spiro atoms. The Morgan fingerprint density at radius 1 is 1.25 bits per heavy atom. The molecule has 5 nitrogen and oxygen atoms in total. The number of anilines is 1. The van der Waals surface area contributed by atoms with E-state index in [2.05, 4.69) is 31.2 Å². The van der Waals surface area contributed by atoms with Crippen LogP contribution in [-0.2, 0) is 4.79 Å². The molecule has 1 amide bonds. The summed E-state index contributed by atoms with van der Waals surface area (Å²) in [6.07, 6.45) is 2.98. The number of aromatic nitrogens is 2. The van der Waals surface area contributed by atoms with Crippen LogP contribution in [0.5, 0.6) is 0 Å². The van der Waals surface area contributed by atoms with Crippen molar-refractivity contribution in [2.24, 2.45) is 0 Å². The number of ketones is 1. The molecule has 1 aliphatic rings. The van der Waals surface area contributed by atoms with E-state index >= 15 is 0 Å². The molecule has 2 aromatic rings. The van der Waals surface area contributed by atoms with E-state index in [4.69, 9.17) is 0 Å². The van der Waals surface area contributed by atoms with Crippen LogP contribution >= 0.6 is 15.9 Å². The predicted octanol–water partition coefficient (Wildman–Crippen LogP) is 1.53. The summed E-state index contributed by atoms with van der Waals surface area (Å²) in [6, 6.07) is 1.71. The maximum Gasteiger partial charge on any atom is 0.296 e. The number of halogens is 1. The van der Waals surface area contributed by atoms with Gasteiger partial charge < -0.3 is 5.32 Å². The quantitative estimate of drug-likeness (QED) is 0.586. The molecule has 0 radical (unpaired) electrons. The summed E-state index contributed by atoms with van der Waals surface area (Å²) in [5.74, 6) is -1.16. The van der Waals surface area contributed by atoms with Gasteiger partial charge in [-0.25, -0.2) is 4.98 Å². The molecule has 0 fully saturated rings. The zero-order chi connectivity index (χ0) is 11.3. The number of rotatable bonds is 0. The largest absolute Gasteiger partial charge is 0.318 e. The van der Waals surface area contributed by atoms with Crippen molar-refractivity contribution in [2.45, 2.75) is 0 Å². The van der Waals surface area contributed by atoms with Crippen LogP contribution in [0, 0.1) is 0 Å². The topological polar surface area (TPSA) is 72.0 Å². The van der Waals surface area contributed by atoms with Gasteiger partial charge in [-0.1, -0.05) is 0 Å². The van der Waals surface area contributed by atoms with Gasteiger partial charge in [0.25, 0.3) is 11.7 Å². The van der Waals surface area contributed by atoms with Crippen LogP contribution in [-0.4, -0.2) is 21.7 Å². The van der Waals surface area contributed by atoms with Crippen LogP contribution in [0.4, 0.5) is 5.69 Å². The van der Waals surface area contributed by atoms with Crippen LogP contribution in [0.15, 0.2) is 23.1 Å². The lowest BCUT2D eigenvalue weighted by Gasteiger charge is -2.03. The molecule has 16 heavy (non-hydrogen) atoms. The molecule has 1 N–H and O–H groups in total. The van der Waals surface area contributed by atoms with Gasteiger partial charge in [0.05, 0.1) is 11.3 Å². The Balaban J connectivity index is 2.44. The van der Waals surface area contributed by atoms with Crippen molar-refractivity contribution in [2.75, 3.05) is 5.32 Å². The maximum absolute atomic E-state index is 11.4. The van der Waals surface area contributed by atoms with Crippen molar-refractivity contribution >= 4 is 44.2 Å². The minimum Gasteiger partial charge on any atom is -0.318 e. The molecule has 3 heterocycles. The monoisotopic (exact) mass is 277 g/mol. The van der Waals surface area contributed by atoms with Gasteiger partial charge >= 0.3 is 0 Å². The molecular weight excluding hydrogens is 274 g/mol. The van der Waals surface area contributed by atoms with E-state index in [9.17, 15) is 9.59 Å². The Hall–Kier alpha value is -1.82. The number of nitrogens with one attached hydrogen (secondary N) is 1. The highest BCUT2D eigenvalue weighted by molar-refractivity contribution is 9.10. The van der Waals surface area contributed by atoms with E-state index in [0.717, 1.165) is 0 Å². The van der Waals surface area contributed by atoms with E-state index in [-0.39, 0.29) is 0 Å². The van der Waals surface area contributed by atoms with Crippen LogP contribution in [0.3, 0.4) is 0 Å². The Morgan fingerprint density at radius 2 is 2.06 bits per heavy atom. The molecule has 2 aromatic heterocycles. The number of pyridine rings is 2. The van der Waals surface area contributed by atoms with Gasteiger partial charge in [-0.3, -0.25) is 14.6 Å². The highest BCUT2D eigenvalue weighted by atomic mass is 79.9. The molecule has 3 rings (SSSR count). The third kappa shape index (κ3) is 1.10. The third-order valence-corrected chi connectivity index (χ3v) is 3.01. The first-order valence-corrected chi connectivity index (χ1v) is 5.26. The van der Waals surface area contributed by atoms with Gasteiger partial charge in [0, 0.05) is 17.8 Å². The zero-order valence-corrected chi connectivity index (χ0v) is 9.41. The van der Waals surface area contributed by atoms with Crippen molar-refractivity contribution in [1.82, 2.24) is 9.97 Å². The van der Waals surface area contributed by atoms with Gasteiger partial charge in [-0.15, -0.1) is 0 Å². The lowest BCUT2D eigenvalue weighted by Crippen LogP contribution is -2.12. The smallest absolute Gasteiger partial charge is 0.296 e. The molecule has 0 atom stereocenters. The van der Waals surface area contributed by atoms with Crippen molar-refractivity contribution in [3.05, 3.63) is 28.6 Å². The molecule has 78 valence electrons. The fourth-order valence-corrected chi connectivity index (χ4v) is 2.13. The van der Waals surface area contributed by atoms with Crippen LogP contribution in [0.1, 0.15) is 10.4 Å². The Bertz CT molecular complexity index is 654. The number of fused-ring (bicyclic) bond motifs is 3. The lowest BCUT2D eigenvalue weighted by molar-refractivity contribution is -0.112. The minimum absolute atomic E-state index is 0.315. The van der Waals surface area contributed by atoms with E-state index in [1.54, 1.807) is 12.3 Å². The van der Waals surface area contributed by atoms with Crippen LogP contribution < -0.4 is 5.32 Å². The van der Waals surface area contributed by atoms with Crippen LogP contribution in [0.25, 0.3) is 10.9 Å². The molecule has 0 unspecified atom stereocenters. The average molecular weight is 278 g/mol. The van der Waals surface area contributed by atoms with Gasteiger partial charge in [-0.05, 0) is 22.0 Å². The Kier molecular flexibility index (Phi) is 1.81. The molecule has 0 saturated heterocycles. The summed E-state index contributed by atoms with van der Waals surface area (Å²) in [5.41, 5.74) is 1.45. The van der Waals surface area contributed by atoms with E-state index in [1.807, 2.05) is 0 Å². The second kappa shape index (κ2) is 3.08. The first-order chi connectivity index (χ1) is 7.68. The van der Waals surface area contributed by atoms with E-state index < -0.39 is 11.7 Å². The lowest BCUT2D eigenvalue weighted by atomic mass is 10.1. The van der Waals surface area contributed by atoms with Crippen molar-refractivity contribution in [1.29, 1.82) is 0 Å². The first kappa shape index (κ1) is 9.41. The number of amides is 1.